The summed E-state index contributed by atoms with van der Waals surface area (Å²) in [6.45, 7) is 1.82. The number of rotatable bonds is 3. The predicted molar refractivity (Wildman–Crippen MR) is 75.4 cm³/mol. The smallest absolute Gasteiger partial charge is 0.327 e. The number of nitrogens with zero attached hydrogens (tertiary/aromatic N) is 1. The van der Waals surface area contributed by atoms with Crippen LogP contribution in [0.25, 0.3) is 0 Å². The van der Waals surface area contributed by atoms with Gasteiger partial charge in [-0.05, 0) is 19.8 Å². The molecule has 0 bridgehead atoms. The molecule has 7 nitrogen and oxygen atoms in total. The first-order valence-electron chi connectivity index (χ1n) is 6.45. The summed E-state index contributed by atoms with van der Waals surface area (Å²) in [4.78, 5) is 24.4. The second-order valence-electron chi connectivity index (χ2n) is 5.01. The molecule has 0 aromatic carbocycles. The Morgan fingerprint density at radius 1 is 1.45 bits per heavy atom. The molecule has 2 aliphatic heterocycles. The number of aliphatic carboxylic acids is 1. The zero-order chi connectivity index (χ0) is 14.9. The van der Waals surface area contributed by atoms with Crippen LogP contribution in [0.15, 0.2) is 0 Å². The standard InChI is InChI=1S/C11H18N2O5S2/c1-7-13(9(6-19-7)10(14)15)11(16)12-5-8-3-2-4-20(8,17)18/h7-9H,2-6H2,1H3,(H,12,16)(H,14,15). The number of amides is 2. The van der Waals surface area contributed by atoms with Gasteiger partial charge in [-0.1, -0.05) is 0 Å². The Bertz CT molecular complexity index is 507. The van der Waals surface area contributed by atoms with Crippen LogP contribution in [-0.4, -0.2) is 65.1 Å². The highest BCUT2D eigenvalue weighted by molar-refractivity contribution is 8.00. The van der Waals surface area contributed by atoms with Gasteiger partial charge < -0.3 is 10.4 Å². The summed E-state index contributed by atoms with van der Waals surface area (Å²) in [5.41, 5.74) is 0. The van der Waals surface area contributed by atoms with Crippen molar-refractivity contribution in [1.29, 1.82) is 0 Å². The maximum absolute atomic E-state index is 12.1. The predicted octanol–water partition coefficient (Wildman–Crippen LogP) is 0.121. The lowest BCUT2D eigenvalue weighted by Gasteiger charge is -2.25. The van der Waals surface area contributed by atoms with Crippen molar-refractivity contribution >= 4 is 33.6 Å². The lowest BCUT2D eigenvalue weighted by molar-refractivity contribution is -0.141. The van der Waals surface area contributed by atoms with Gasteiger partial charge in [0.25, 0.3) is 0 Å². The van der Waals surface area contributed by atoms with Crippen LogP contribution in [0.3, 0.4) is 0 Å². The highest BCUT2D eigenvalue weighted by Gasteiger charge is 2.40. The first-order valence-corrected chi connectivity index (χ1v) is 9.21. The Morgan fingerprint density at radius 2 is 2.15 bits per heavy atom. The molecule has 3 unspecified atom stereocenters. The third-order valence-corrected chi connectivity index (χ3v) is 7.18. The van der Waals surface area contributed by atoms with Crippen LogP contribution in [-0.2, 0) is 14.6 Å². The SMILES string of the molecule is CC1SCC(C(=O)O)N1C(=O)NCC1CCCS1(=O)=O. The van der Waals surface area contributed by atoms with Gasteiger partial charge in [-0.3, -0.25) is 4.90 Å². The lowest BCUT2D eigenvalue weighted by atomic mass is 10.2. The molecule has 2 saturated heterocycles. The van der Waals surface area contributed by atoms with Crippen LogP contribution >= 0.6 is 11.8 Å². The first-order chi connectivity index (χ1) is 9.33. The number of hydrogen-bond donors (Lipinski definition) is 2. The van der Waals surface area contributed by atoms with Crippen molar-refractivity contribution in [1.82, 2.24) is 10.2 Å². The van der Waals surface area contributed by atoms with E-state index in [0.717, 1.165) is 0 Å². The van der Waals surface area contributed by atoms with Crippen LogP contribution < -0.4 is 5.32 Å². The highest BCUT2D eigenvalue weighted by Crippen LogP contribution is 2.28. The van der Waals surface area contributed by atoms with Gasteiger partial charge in [-0.15, -0.1) is 11.8 Å². The minimum atomic E-state index is -3.10. The Kier molecular flexibility index (Phi) is 4.48. The zero-order valence-electron chi connectivity index (χ0n) is 11.1. The van der Waals surface area contributed by atoms with Gasteiger partial charge in [-0.2, -0.15) is 0 Å². The van der Waals surface area contributed by atoms with E-state index in [0.29, 0.717) is 18.6 Å². The first kappa shape index (κ1) is 15.4. The quantitative estimate of drug-likeness (QED) is 0.765. The van der Waals surface area contributed by atoms with Crippen molar-refractivity contribution in [3.05, 3.63) is 0 Å². The molecule has 3 atom stereocenters. The number of hydrogen-bond acceptors (Lipinski definition) is 5. The summed E-state index contributed by atoms with van der Waals surface area (Å²) < 4.78 is 23.3. The van der Waals surface area contributed by atoms with Gasteiger partial charge in [0.1, 0.15) is 6.04 Å². The minimum absolute atomic E-state index is 0.0569. The molecule has 0 aliphatic carbocycles. The normalized spacial score (nSPS) is 32.2. The molecule has 0 aromatic heterocycles. The number of nitrogens with one attached hydrogen (secondary N) is 1. The molecule has 2 fully saturated rings. The van der Waals surface area contributed by atoms with E-state index in [2.05, 4.69) is 5.32 Å². The molecule has 2 N–H and O–H groups in total. The Morgan fingerprint density at radius 3 is 2.70 bits per heavy atom. The summed E-state index contributed by atoms with van der Waals surface area (Å²) in [5.74, 6) is -0.516. The van der Waals surface area contributed by atoms with E-state index in [1.165, 1.54) is 16.7 Å². The molecule has 2 aliphatic rings. The number of carbonyl (C=O) groups excluding carboxylic acids is 1. The zero-order valence-corrected chi connectivity index (χ0v) is 12.7. The average Bonchev–Trinajstić information content (AvgIpc) is 2.89. The maximum Gasteiger partial charge on any atom is 0.327 e. The van der Waals surface area contributed by atoms with Gasteiger partial charge in [0, 0.05) is 12.3 Å². The highest BCUT2D eigenvalue weighted by atomic mass is 32.2. The van der Waals surface area contributed by atoms with Crippen molar-refractivity contribution < 1.29 is 23.1 Å². The Labute approximate surface area is 122 Å². The molecular formula is C11H18N2O5S2. The summed E-state index contributed by atoms with van der Waals surface area (Å²) in [5, 5.41) is 10.9. The average molecular weight is 322 g/mol. The second kappa shape index (κ2) is 5.80. The number of carbonyl (C=O) groups is 2. The van der Waals surface area contributed by atoms with Crippen molar-refractivity contribution in [2.24, 2.45) is 0 Å². The summed E-state index contributed by atoms with van der Waals surface area (Å²) in [7, 11) is -3.10. The second-order valence-corrected chi connectivity index (χ2v) is 8.76. The van der Waals surface area contributed by atoms with Gasteiger partial charge in [0.05, 0.1) is 16.4 Å². The van der Waals surface area contributed by atoms with E-state index >= 15 is 0 Å². The van der Waals surface area contributed by atoms with Gasteiger partial charge >= 0.3 is 12.0 Å². The van der Waals surface area contributed by atoms with E-state index in [1.807, 2.05) is 0 Å². The molecule has 9 heteroatoms. The van der Waals surface area contributed by atoms with E-state index in [1.54, 1.807) is 6.92 Å². The number of sulfone groups is 1. The number of thioether (sulfide) groups is 1. The molecule has 114 valence electrons. The maximum atomic E-state index is 12.1. The van der Waals surface area contributed by atoms with E-state index in [4.69, 9.17) is 5.11 Å². The van der Waals surface area contributed by atoms with Crippen molar-refractivity contribution in [3.8, 4) is 0 Å². The summed E-state index contributed by atoms with van der Waals surface area (Å²) >= 11 is 1.39. The molecule has 0 spiro atoms. The molecule has 2 amide bonds. The van der Waals surface area contributed by atoms with Crippen LogP contribution in [0, 0.1) is 0 Å². The molecule has 0 aromatic rings. The fraction of sp³-hybridized carbons (Fsp3) is 0.818. The fourth-order valence-electron chi connectivity index (χ4n) is 2.52. The van der Waals surface area contributed by atoms with E-state index in [9.17, 15) is 18.0 Å². The van der Waals surface area contributed by atoms with Crippen LogP contribution in [0.2, 0.25) is 0 Å². The third-order valence-electron chi connectivity index (χ3n) is 3.69. The van der Waals surface area contributed by atoms with Gasteiger partial charge in [0.15, 0.2) is 9.84 Å². The molecule has 2 heterocycles. The van der Waals surface area contributed by atoms with Gasteiger partial charge in [-0.25, -0.2) is 18.0 Å². The minimum Gasteiger partial charge on any atom is -0.480 e. The van der Waals surface area contributed by atoms with Crippen molar-refractivity contribution in [3.63, 3.8) is 0 Å². The molecular weight excluding hydrogens is 304 g/mol. The summed E-state index contributed by atoms with van der Waals surface area (Å²) in [6, 6.07) is -1.35. The molecule has 0 saturated carbocycles. The van der Waals surface area contributed by atoms with Crippen LogP contribution in [0.5, 0.6) is 0 Å². The Hall–Kier alpha value is -0.960. The largest absolute Gasteiger partial charge is 0.480 e. The topological polar surface area (TPSA) is 104 Å². The van der Waals surface area contributed by atoms with Gasteiger partial charge in [0.2, 0.25) is 0 Å². The monoisotopic (exact) mass is 322 g/mol. The lowest BCUT2D eigenvalue weighted by Crippen LogP contribution is -2.51. The summed E-state index contributed by atoms with van der Waals surface area (Å²) in [6.07, 6.45) is 1.17. The van der Waals surface area contributed by atoms with Crippen LogP contribution in [0.1, 0.15) is 19.8 Å². The number of carboxylic acid groups (broad SMARTS) is 1. The Balaban J connectivity index is 1.96. The van der Waals surface area contributed by atoms with Crippen molar-refractivity contribution in [2.75, 3.05) is 18.1 Å². The molecule has 20 heavy (non-hydrogen) atoms. The van der Waals surface area contributed by atoms with Crippen molar-refractivity contribution in [2.45, 2.75) is 36.4 Å². The van der Waals surface area contributed by atoms with E-state index < -0.39 is 33.1 Å². The molecule has 0 radical (unpaired) electrons. The van der Waals surface area contributed by atoms with Crippen LogP contribution in [0.4, 0.5) is 4.79 Å². The fourth-order valence-corrected chi connectivity index (χ4v) is 5.45. The number of carboxylic acids is 1. The molecule has 2 rings (SSSR count). The number of urea groups is 1. The van der Waals surface area contributed by atoms with E-state index in [-0.39, 0.29) is 17.7 Å². The third kappa shape index (κ3) is 3.03.